The van der Waals surface area contributed by atoms with Gasteiger partial charge in [-0.25, -0.2) is 0 Å². The molecule has 138 valence electrons. The van der Waals surface area contributed by atoms with Crippen LogP contribution in [-0.2, 0) is 11.2 Å². The lowest BCUT2D eigenvalue weighted by Gasteiger charge is -2.37. The van der Waals surface area contributed by atoms with Crippen molar-refractivity contribution in [1.82, 2.24) is 4.90 Å². The Labute approximate surface area is 155 Å². The Morgan fingerprint density at radius 3 is 2.38 bits per heavy atom. The molecule has 4 heteroatoms. The molecule has 0 spiro atoms. The van der Waals surface area contributed by atoms with Crippen LogP contribution in [0.15, 0.2) is 48.5 Å². The van der Waals surface area contributed by atoms with Crippen molar-refractivity contribution in [3.05, 3.63) is 65.2 Å². The van der Waals surface area contributed by atoms with Crippen molar-refractivity contribution in [2.24, 2.45) is 5.92 Å². The predicted molar refractivity (Wildman–Crippen MR) is 103 cm³/mol. The molecular formula is C22H27NO3. The number of carboxylic acid groups (broad SMARTS) is 1. The minimum atomic E-state index is -0.675. The Morgan fingerprint density at radius 1 is 1.15 bits per heavy atom. The van der Waals surface area contributed by atoms with Gasteiger partial charge in [0, 0.05) is 5.56 Å². The summed E-state index contributed by atoms with van der Waals surface area (Å²) in [6.45, 7) is 3.70. The molecule has 0 amide bonds. The van der Waals surface area contributed by atoms with Gasteiger partial charge in [-0.2, -0.15) is 0 Å². The second kappa shape index (κ2) is 8.37. The molecule has 1 unspecified atom stereocenters. The first-order valence-corrected chi connectivity index (χ1v) is 9.32. The highest BCUT2D eigenvalue weighted by molar-refractivity contribution is 5.70. The van der Waals surface area contributed by atoms with E-state index in [2.05, 4.69) is 42.2 Å². The van der Waals surface area contributed by atoms with Gasteiger partial charge in [0.25, 0.3) is 0 Å². The number of hydrogen-bond donors (Lipinski definition) is 1. The molecule has 0 bridgehead atoms. The van der Waals surface area contributed by atoms with Gasteiger partial charge >= 0.3 is 5.97 Å². The maximum Gasteiger partial charge on any atom is 0.306 e. The number of likely N-dealkylation sites (tertiary alicyclic amines) is 1. The second-order valence-electron chi connectivity index (χ2n) is 6.89. The number of piperidine rings is 1. The summed E-state index contributed by atoms with van der Waals surface area (Å²) >= 11 is 0. The number of aliphatic carboxylic acids is 1. The molecule has 0 aliphatic carbocycles. The van der Waals surface area contributed by atoms with Crippen LogP contribution >= 0.6 is 0 Å². The summed E-state index contributed by atoms with van der Waals surface area (Å²) in [5, 5.41) is 9.30. The number of para-hydroxylation sites is 1. The standard InChI is InChI=1S/C22H27NO3/c1-3-16-8-10-17(11-9-16)21(19-6-4-5-7-20(19)26-2)23-14-12-18(13-15-23)22(24)25/h4-11,18,21H,3,12-15H2,1-2H3,(H,24,25). The topological polar surface area (TPSA) is 49.8 Å². The van der Waals surface area contributed by atoms with Crippen LogP contribution in [0.1, 0.15) is 42.5 Å². The van der Waals surface area contributed by atoms with E-state index in [1.165, 1.54) is 11.1 Å². The maximum absolute atomic E-state index is 11.3. The molecule has 0 aromatic heterocycles. The molecule has 26 heavy (non-hydrogen) atoms. The lowest BCUT2D eigenvalue weighted by molar-refractivity contribution is -0.143. The number of methoxy groups -OCH3 is 1. The molecule has 0 saturated carbocycles. The molecule has 3 rings (SSSR count). The van der Waals surface area contributed by atoms with E-state index in [1.807, 2.05) is 18.2 Å². The quantitative estimate of drug-likeness (QED) is 0.848. The number of carboxylic acids is 1. The molecule has 1 aliphatic heterocycles. The van der Waals surface area contributed by atoms with E-state index < -0.39 is 5.97 Å². The Hall–Kier alpha value is -2.33. The summed E-state index contributed by atoms with van der Waals surface area (Å²) in [7, 11) is 1.70. The monoisotopic (exact) mass is 353 g/mol. The number of ether oxygens (including phenoxy) is 1. The number of hydrogen-bond acceptors (Lipinski definition) is 3. The zero-order chi connectivity index (χ0) is 18.5. The molecule has 1 aliphatic rings. The Kier molecular flexibility index (Phi) is 5.94. The van der Waals surface area contributed by atoms with E-state index in [1.54, 1.807) is 7.11 Å². The lowest BCUT2D eigenvalue weighted by atomic mass is 9.90. The minimum absolute atomic E-state index is 0.0757. The molecule has 0 radical (unpaired) electrons. The van der Waals surface area contributed by atoms with Crippen molar-refractivity contribution in [3.63, 3.8) is 0 Å². The van der Waals surface area contributed by atoms with E-state index in [0.29, 0.717) is 12.8 Å². The van der Waals surface area contributed by atoms with Gasteiger partial charge in [-0.3, -0.25) is 9.69 Å². The highest BCUT2D eigenvalue weighted by atomic mass is 16.5. The van der Waals surface area contributed by atoms with Crippen LogP contribution in [0.25, 0.3) is 0 Å². The molecule has 2 aromatic rings. The van der Waals surface area contributed by atoms with Crippen LogP contribution in [0.5, 0.6) is 5.75 Å². The fourth-order valence-corrected chi connectivity index (χ4v) is 3.82. The van der Waals surface area contributed by atoms with Gasteiger partial charge in [-0.1, -0.05) is 49.4 Å². The van der Waals surface area contributed by atoms with Crippen molar-refractivity contribution >= 4 is 5.97 Å². The Morgan fingerprint density at radius 2 is 1.81 bits per heavy atom. The number of rotatable bonds is 6. The normalized spacial score (nSPS) is 17.0. The molecule has 1 atom stereocenters. The third kappa shape index (κ3) is 3.91. The van der Waals surface area contributed by atoms with Crippen LogP contribution in [0, 0.1) is 5.92 Å². The zero-order valence-electron chi connectivity index (χ0n) is 15.5. The van der Waals surface area contributed by atoms with Gasteiger partial charge in [-0.05, 0) is 49.5 Å². The summed E-state index contributed by atoms with van der Waals surface area (Å²) in [6, 6.07) is 17.0. The first kappa shape index (κ1) is 18.5. The molecule has 1 heterocycles. The number of nitrogens with zero attached hydrogens (tertiary/aromatic N) is 1. The van der Waals surface area contributed by atoms with E-state index in [0.717, 1.165) is 30.8 Å². The Balaban J connectivity index is 1.95. The SMILES string of the molecule is CCc1ccc(C(c2ccccc2OC)N2CCC(C(=O)O)CC2)cc1. The van der Waals surface area contributed by atoms with Crippen molar-refractivity contribution in [3.8, 4) is 5.75 Å². The Bertz CT molecular complexity index is 733. The predicted octanol–water partition coefficient (Wildman–Crippen LogP) is 4.14. The third-order valence-corrected chi connectivity index (χ3v) is 5.38. The van der Waals surface area contributed by atoms with E-state index in [4.69, 9.17) is 4.74 Å². The molecule has 1 saturated heterocycles. The average molecular weight is 353 g/mol. The largest absolute Gasteiger partial charge is 0.496 e. The fraction of sp³-hybridized carbons (Fsp3) is 0.409. The average Bonchev–Trinajstić information content (AvgIpc) is 2.69. The van der Waals surface area contributed by atoms with Gasteiger partial charge in [0.2, 0.25) is 0 Å². The summed E-state index contributed by atoms with van der Waals surface area (Å²) in [4.78, 5) is 13.7. The minimum Gasteiger partial charge on any atom is -0.496 e. The van der Waals surface area contributed by atoms with Crippen LogP contribution < -0.4 is 4.74 Å². The van der Waals surface area contributed by atoms with Gasteiger partial charge < -0.3 is 9.84 Å². The van der Waals surface area contributed by atoms with Crippen LogP contribution in [0.4, 0.5) is 0 Å². The van der Waals surface area contributed by atoms with Crippen LogP contribution in [0.3, 0.4) is 0 Å². The molecule has 2 aromatic carbocycles. The summed E-state index contributed by atoms with van der Waals surface area (Å²) < 4.78 is 5.62. The maximum atomic E-state index is 11.3. The molecule has 1 fully saturated rings. The third-order valence-electron chi connectivity index (χ3n) is 5.38. The van der Waals surface area contributed by atoms with E-state index in [9.17, 15) is 9.90 Å². The number of benzene rings is 2. The van der Waals surface area contributed by atoms with Crippen molar-refractivity contribution in [1.29, 1.82) is 0 Å². The van der Waals surface area contributed by atoms with Crippen molar-refractivity contribution in [2.75, 3.05) is 20.2 Å². The van der Waals surface area contributed by atoms with Gasteiger partial charge in [0.15, 0.2) is 0 Å². The van der Waals surface area contributed by atoms with Gasteiger partial charge in [-0.15, -0.1) is 0 Å². The van der Waals surface area contributed by atoms with E-state index >= 15 is 0 Å². The lowest BCUT2D eigenvalue weighted by Crippen LogP contribution is -2.39. The van der Waals surface area contributed by atoms with Crippen LogP contribution in [-0.4, -0.2) is 36.2 Å². The molecular weight excluding hydrogens is 326 g/mol. The van der Waals surface area contributed by atoms with Gasteiger partial charge in [0.1, 0.15) is 5.75 Å². The highest BCUT2D eigenvalue weighted by Crippen LogP contribution is 2.37. The summed E-state index contributed by atoms with van der Waals surface area (Å²) in [5.74, 6) is -0.0322. The highest BCUT2D eigenvalue weighted by Gasteiger charge is 2.31. The first-order chi connectivity index (χ1) is 12.6. The first-order valence-electron chi connectivity index (χ1n) is 9.32. The van der Waals surface area contributed by atoms with Crippen LogP contribution in [0.2, 0.25) is 0 Å². The fourth-order valence-electron chi connectivity index (χ4n) is 3.82. The second-order valence-corrected chi connectivity index (χ2v) is 6.89. The number of carbonyl (C=O) groups is 1. The smallest absolute Gasteiger partial charge is 0.306 e. The van der Waals surface area contributed by atoms with Crippen molar-refractivity contribution < 1.29 is 14.6 Å². The van der Waals surface area contributed by atoms with Crippen molar-refractivity contribution in [2.45, 2.75) is 32.2 Å². The number of aryl methyl sites for hydroxylation is 1. The van der Waals surface area contributed by atoms with Gasteiger partial charge in [0.05, 0.1) is 19.1 Å². The summed E-state index contributed by atoms with van der Waals surface area (Å²) in [6.07, 6.45) is 2.39. The zero-order valence-corrected chi connectivity index (χ0v) is 15.5. The molecule has 4 nitrogen and oxygen atoms in total. The summed E-state index contributed by atoms with van der Waals surface area (Å²) in [5.41, 5.74) is 3.67. The van der Waals surface area contributed by atoms with E-state index in [-0.39, 0.29) is 12.0 Å². The molecule has 1 N–H and O–H groups in total.